The molecule has 2 N–H and O–H groups in total. The Labute approximate surface area is 143 Å². The van der Waals surface area contributed by atoms with Crippen molar-refractivity contribution in [2.24, 2.45) is 17.8 Å². The number of para-hydroxylation sites is 1. The Balaban J connectivity index is 1.60. The Kier molecular flexibility index (Phi) is 2.45. The van der Waals surface area contributed by atoms with Crippen LogP contribution >= 0.6 is 0 Å². The van der Waals surface area contributed by atoms with Gasteiger partial charge in [-0.1, -0.05) is 25.1 Å². The molecule has 1 aromatic rings. The molecule has 1 saturated carbocycles. The second-order valence-electron chi connectivity index (χ2n) is 8.81. The Morgan fingerprint density at radius 2 is 2.00 bits per heavy atom. The fourth-order valence-corrected chi connectivity index (χ4v) is 7.88. The van der Waals surface area contributed by atoms with Crippen LogP contribution in [0.25, 0.3) is 0 Å². The molecule has 5 heterocycles. The molecule has 4 heteroatoms. The zero-order chi connectivity index (χ0) is 16.4. The molecular formula is C20H26N2O2. The van der Waals surface area contributed by atoms with E-state index < -0.39 is 0 Å². The number of benzene rings is 1. The van der Waals surface area contributed by atoms with Gasteiger partial charge in [-0.25, -0.2) is 0 Å². The highest BCUT2D eigenvalue weighted by molar-refractivity contribution is 5.67. The first kappa shape index (κ1) is 14.1. The summed E-state index contributed by atoms with van der Waals surface area (Å²) in [5.41, 5.74) is 2.51. The van der Waals surface area contributed by atoms with E-state index in [2.05, 4.69) is 48.0 Å². The third kappa shape index (κ3) is 1.20. The number of nitrogens with zero attached hydrogens (tertiary/aromatic N) is 2. The molecule has 10 atom stereocenters. The van der Waals surface area contributed by atoms with E-state index >= 15 is 0 Å². The van der Waals surface area contributed by atoms with Crippen LogP contribution in [0.3, 0.4) is 0 Å². The molecular weight excluding hydrogens is 300 g/mol. The van der Waals surface area contributed by atoms with E-state index in [4.69, 9.17) is 0 Å². The van der Waals surface area contributed by atoms with Crippen LogP contribution in [-0.2, 0) is 5.41 Å². The van der Waals surface area contributed by atoms with E-state index in [9.17, 15) is 10.2 Å². The van der Waals surface area contributed by atoms with Crippen molar-refractivity contribution in [3.8, 4) is 0 Å². The molecule has 5 fully saturated rings. The van der Waals surface area contributed by atoms with Crippen molar-refractivity contribution in [3.05, 3.63) is 29.8 Å². The van der Waals surface area contributed by atoms with Crippen LogP contribution in [0.5, 0.6) is 0 Å². The monoisotopic (exact) mass is 326 g/mol. The highest BCUT2D eigenvalue weighted by atomic mass is 16.3. The lowest BCUT2D eigenvalue weighted by Gasteiger charge is -2.62. The van der Waals surface area contributed by atoms with E-state index in [1.165, 1.54) is 11.3 Å². The van der Waals surface area contributed by atoms with Gasteiger partial charge in [0.25, 0.3) is 0 Å². The average Bonchev–Trinajstić information content (AvgIpc) is 2.97. The molecule has 0 aromatic heterocycles. The molecule has 5 bridgehead atoms. The summed E-state index contributed by atoms with van der Waals surface area (Å²) in [6, 6.07) is 9.70. The number of fused-ring (bicyclic) bond motifs is 2. The number of rotatable bonds is 1. The van der Waals surface area contributed by atoms with Gasteiger partial charge in [-0.3, -0.25) is 4.90 Å². The second kappa shape index (κ2) is 4.17. The van der Waals surface area contributed by atoms with Crippen LogP contribution in [-0.4, -0.2) is 52.6 Å². The van der Waals surface area contributed by atoms with E-state index in [0.29, 0.717) is 35.9 Å². The van der Waals surface area contributed by atoms with E-state index in [1.54, 1.807) is 0 Å². The normalized spacial score (nSPS) is 55.8. The van der Waals surface area contributed by atoms with Gasteiger partial charge in [-0.15, -0.1) is 0 Å². The molecule has 1 aromatic carbocycles. The maximum absolute atomic E-state index is 11.6. The van der Waals surface area contributed by atoms with E-state index in [-0.39, 0.29) is 17.7 Å². The fraction of sp³-hybridized carbons (Fsp3) is 0.700. The Morgan fingerprint density at radius 1 is 1.21 bits per heavy atom. The number of hydrogen-bond acceptors (Lipinski definition) is 4. The Bertz CT molecular complexity index is 723. The summed E-state index contributed by atoms with van der Waals surface area (Å²) in [6.45, 7) is 2.19. The summed E-state index contributed by atoms with van der Waals surface area (Å²) in [5, 5.41) is 22.6. The first-order valence-electron chi connectivity index (χ1n) is 9.57. The SMILES string of the molecule is CC[C@@H]1[C@H]2C[C@@H]3[C@H]4N(C)c5ccccc5[C@]45C[C@@H]([C@@H]2[C@@H]5O)N3[C@@H]1O. The Morgan fingerprint density at radius 3 is 2.79 bits per heavy atom. The smallest absolute Gasteiger partial charge is 0.111 e. The summed E-state index contributed by atoms with van der Waals surface area (Å²) < 4.78 is 0. The van der Waals surface area contributed by atoms with Crippen LogP contribution < -0.4 is 4.90 Å². The maximum atomic E-state index is 11.6. The van der Waals surface area contributed by atoms with Crippen molar-refractivity contribution in [1.82, 2.24) is 4.90 Å². The summed E-state index contributed by atoms with van der Waals surface area (Å²) in [6.07, 6.45) is 2.56. The molecule has 128 valence electrons. The molecule has 4 saturated heterocycles. The van der Waals surface area contributed by atoms with Gasteiger partial charge < -0.3 is 15.1 Å². The van der Waals surface area contributed by atoms with Crippen LogP contribution in [0.1, 0.15) is 31.7 Å². The molecule has 1 spiro atoms. The second-order valence-corrected chi connectivity index (χ2v) is 8.81. The third-order valence-electron chi connectivity index (χ3n) is 8.46. The van der Waals surface area contributed by atoms with Crippen molar-refractivity contribution in [1.29, 1.82) is 0 Å². The Hall–Kier alpha value is -1.10. The number of anilines is 1. The summed E-state index contributed by atoms with van der Waals surface area (Å²) in [4.78, 5) is 4.83. The summed E-state index contributed by atoms with van der Waals surface area (Å²) in [5.74, 6) is 1.14. The van der Waals surface area contributed by atoms with Gasteiger partial charge in [0, 0.05) is 42.1 Å². The standard InChI is InChI=1S/C20H26N2O2/c1-3-10-11-8-14-17-20(12-6-4-5-7-13(12)21(17)2)9-15(16(11)18(20)23)22(14)19(10)24/h4-7,10-11,14-19,23-24H,3,8-9H2,1-2H3/t10-,11-,14-,15+,16-,17-,18+,19-,20-/m1/s1. The molecule has 0 amide bonds. The largest absolute Gasteiger partial charge is 0.392 e. The molecule has 24 heavy (non-hydrogen) atoms. The minimum Gasteiger partial charge on any atom is -0.392 e. The predicted molar refractivity (Wildman–Crippen MR) is 91.7 cm³/mol. The summed E-state index contributed by atoms with van der Waals surface area (Å²) in [7, 11) is 2.19. The zero-order valence-electron chi connectivity index (χ0n) is 14.3. The topological polar surface area (TPSA) is 46.9 Å². The van der Waals surface area contributed by atoms with Crippen LogP contribution in [0.4, 0.5) is 5.69 Å². The van der Waals surface area contributed by atoms with Gasteiger partial charge >= 0.3 is 0 Å². The van der Waals surface area contributed by atoms with Crippen molar-refractivity contribution >= 4 is 5.69 Å². The lowest BCUT2D eigenvalue weighted by Crippen LogP contribution is -2.72. The zero-order valence-corrected chi connectivity index (χ0v) is 14.3. The highest BCUT2D eigenvalue weighted by Gasteiger charge is 2.76. The number of aliphatic hydroxyl groups is 2. The third-order valence-corrected chi connectivity index (χ3v) is 8.46. The molecule has 5 aliphatic heterocycles. The minimum absolute atomic E-state index is 0.126. The van der Waals surface area contributed by atoms with Gasteiger partial charge in [0.05, 0.1) is 12.1 Å². The molecule has 6 aliphatic rings. The first-order valence-corrected chi connectivity index (χ1v) is 9.57. The number of aliphatic hydroxyl groups excluding tert-OH is 2. The lowest BCUT2D eigenvalue weighted by atomic mass is 9.62. The van der Waals surface area contributed by atoms with Crippen LogP contribution in [0.2, 0.25) is 0 Å². The first-order chi connectivity index (χ1) is 11.6. The average molecular weight is 326 g/mol. The lowest BCUT2D eigenvalue weighted by molar-refractivity contribution is -0.211. The molecule has 1 aliphatic carbocycles. The highest BCUT2D eigenvalue weighted by Crippen LogP contribution is 2.68. The summed E-state index contributed by atoms with van der Waals surface area (Å²) >= 11 is 0. The molecule has 1 unspecified atom stereocenters. The molecule has 0 radical (unpaired) electrons. The van der Waals surface area contributed by atoms with Crippen molar-refractivity contribution in [3.63, 3.8) is 0 Å². The fourth-order valence-electron chi connectivity index (χ4n) is 7.88. The maximum Gasteiger partial charge on any atom is 0.111 e. The molecule has 4 nitrogen and oxygen atoms in total. The predicted octanol–water partition coefficient (Wildman–Crippen LogP) is 1.55. The van der Waals surface area contributed by atoms with E-state index in [0.717, 1.165) is 19.3 Å². The van der Waals surface area contributed by atoms with Gasteiger partial charge in [0.1, 0.15) is 6.23 Å². The number of likely N-dealkylation sites (N-methyl/N-ethyl adjacent to an activating group) is 1. The van der Waals surface area contributed by atoms with Crippen molar-refractivity contribution in [2.75, 3.05) is 11.9 Å². The van der Waals surface area contributed by atoms with Gasteiger partial charge in [-0.05, 0) is 36.8 Å². The minimum atomic E-state index is -0.319. The molecule has 7 rings (SSSR count). The number of hydrogen-bond donors (Lipinski definition) is 2. The van der Waals surface area contributed by atoms with E-state index in [1.807, 2.05) is 0 Å². The van der Waals surface area contributed by atoms with Gasteiger partial charge in [0.15, 0.2) is 0 Å². The van der Waals surface area contributed by atoms with Crippen LogP contribution in [0, 0.1) is 17.8 Å². The quantitative estimate of drug-likeness (QED) is 0.822. The van der Waals surface area contributed by atoms with Crippen molar-refractivity contribution < 1.29 is 10.2 Å². The van der Waals surface area contributed by atoms with Gasteiger partial charge in [-0.2, -0.15) is 0 Å². The number of piperidine rings is 4. The van der Waals surface area contributed by atoms with Crippen LogP contribution in [0.15, 0.2) is 24.3 Å². The van der Waals surface area contributed by atoms with Gasteiger partial charge in [0.2, 0.25) is 0 Å². The van der Waals surface area contributed by atoms with Crippen molar-refractivity contribution in [2.45, 2.75) is 62.1 Å².